The third-order valence-electron chi connectivity index (χ3n) is 2.25. The van der Waals surface area contributed by atoms with Crippen LogP contribution in [0.15, 0.2) is 24.3 Å². The summed E-state index contributed by atoms with van der Waals surface area (Å²) in [6.07, 6.45) is 0. The normalized spacial score (nSPS) is 12.8. The highest BCUT2D eigenvalue weighted by Crippen LogP contribution is 2.36. The van der Waals surface area contributed by atoms with Gasteiger partial charge in [0.1, 0.15) is 0 Å². The zero-order chi connectivity index (χ0) is 13.9. The van der Waals surface area contributed by atoms with Crippen molar-refractivity contribution >= 4 is 24.8 Å². The molecule has 1 aromatic rings. The highest BCUT2D eigenvalue weighted by Gasteiger charge is 2.35. The van der Waals surface area contributed by atoms with Crippen LogP contribution < -0.4 is 5.30 Å². The van der Waals surface area contributed by atoms with Crippen LogP contribution in [0.1, 0.15) is 11.5 Å². The molecule has 0 aliphatic carbocycles. The summed E-state index contributed by atoms with van der Waals surface area (Å²) in [4.78, 5) is 40.6. The first-order valence-electron chi connectivity index (χ1n) is 4.74. The summed E-state index contributed by atoms with van der Waals surface area (Å²) >= 11 is 0. The van der Waals surface area contributed by atoms with Crippen LogP contribution in [0.4, 0.5) is 0 Å². The molecular weight excluding hydrogens is 263 g/mol. The fraction of sp³-hybridized carbons (Fsp3) is 0.200. The number of hydrogen-bond acceptors (Lipinski definition) is 4. The number of carboxylic acid groups (broad SMARTS) is 1. The summed E-state index contributed by atoms with van der Waals surface area (Å²) in [7, 11) is -3.67. The fourth-order valence-electron chi connectivity index (χ4n) is 1.48. The Kier molecular flexibility index (Phi) is 4.24. The maximum Gasteiger partial charge on any atom is 0.356 e. The third-order valence-corrected chi connectivity index (χ3v) is 3.28. The van der Waals surface area contributed by atoms with Gasteiger partial charge in [-0.1, -0.05) is 18.2 Å². The Morgan fingerprint density at radius 1 is 1.28 bits per heavy atom. The summed E-state index contributed by atoms with van der Waals surface area (Å²) < 4.78 is 15.6. The summed E-state index contributed by atoms with van der Waals surface area (Å²) in [5.74, 6) is -4.40. The first-order valence-corrected chi connectivity index (χ1v) is 6.36. The Labute approximate surface area is 102 Å². The van der Waals surface area contributed by atoms with Crippen molar-refractivity contribution < 1.29 is 33.8 Å². The fourth-order valence-corrected chi connectivity index (χ4v) is 2.30. The van der Waals surface area contributed by atoms with Gasteiger partial charge < -0.3 is 19.6 Å². The van der Waals surface area contributed by atoms with Crippen molar-refractivity contribution in [3.63, 3.8) is 0 Å². The van der Waals surface area contributed by atoms with E-state index in [-0.39, 0.29) is 5.56 Å². The van der Waals surface area contributed by atoms with Gasteiger partial charge in [-0.05, 0) is 11.6 Å². The van der Waals surface area contributed by atoms with E-state index >= 15 is 0 Å². The van der Waals surface area contributed by atoms with Crippen molar-refractivity contribution in [3.05, 3.63) is 29.8 Å². The van der Waals surface area contributed by atoms with Crippen LogP contribution in [0.25, 0.3) is 0 Å². The molecule has 8 heteroatoms. The lowest BCUT2D eigenvalue weighted by Crippen LogP contribution is -2.27. The Morgan fingerprint density at radius 3 is 2.28 bits per heavy atom. The lowest BCUT2D eigenvalue weighted by atomic mass is 9.99. The lowest BCUT2D eigenvalue weighted by molar-refractivity contribution is -0.152. The van der Waals surface area contributed by atoms with E-state index in [0.29, 0.717) is 0 Å². The van der Waals surface area contributed by atoms with E-state index < -0.39 is 30.8 Å². The number of methoxy groups -OCH3 is 1. The van der Waals surface area contributed by atoms with E-state index in [4.69, 9.17) is 14.9 Å². The van der Waals surface area contributed by atoms with Gasteiger partial charge in [0, 0.05) is 0 Å². The number of benzene rings is 1. The summed E-state index contributed by atoms with van der Waals surface area (Å²) in [6, 6.07) is 4.97. The molecule has 1 atom stereocenters. The van der Waals surface area contributed by atoms with Crippen molar-refractivity contribution in [3.8, 4) is 0 Å². The monoisotopic (exact) mass is 274 g/mol. The number of ether oxygens (including phenoxy) is 1. The summed E-state index contributed by atoms with van der Waals surface area (Å²) in [5, 5.41) is 8.47. The highest BCUT2D eigenvalue weighted by atomic mass is 31.2. The van der Waals surface area contributed by atoms with Crippen LogP contribution in [0.5, 0.6) is 0 Å². The molecule has 0 radical (unpaired) electrons. The number of carbonyl (C=O) groups is 2. The maximum absolute atomic E-state index is 11.4. The smallest absolute Gasteiger partial charge is 0.356 e. The van der Waals surface area contributed by atoms with Gasteiger partial charge in [-0.25, -0.2) is 0 Å². The van der Waals surface area contributed by atoms with E-state index in [0.717, 1.165) is 13.2 Å². The number of esters is 1. The molecule has 1 unspecified atom stereocenters. The third kappa shape index (κ3) is 2.95. The van der Waals surface area contributed by atoms with Gasteiger partial charge in [0.2, 0.25) is 0 Å². The van der Waals surface area contributed by atoms with Gasteiger partial charge in [0.05, 0.1) is 12.4 Å². The minimum atomic E-state index is -4.67. The van der Waals surface area contributed by atoms with E-state index in [1.54, 1.807) is 0 Å². The molecule has 0 saturated heterocycles. The molecule has 0 spiro atoms. The predicted octanol–water partition coefficient (Wildman–Crippen LogP) is -0.169. The standard InChI is InChI=1S/C10H11O7P/c1-17-10(13)8(9(11)12)6-4-2-3-5-7(6)18(14,15)16/h2-5,8H,1H3,(H,11,12)(H2,14,15,16). The summed E-state index contributed by atoms with van der Waals surface area (Å²) in [5.41, 5.74) is -0.273. The molecule has 0 heterocycles. The largest absolute Gasteiger partial charge is 0.480 e. The molecule has 18 heavy (non-hydrogen) atoms. The molecule has 0 bridgehead atoms. The van der Waals surface area contributed by atoms with Gasteiger partial charge in [-0.3, -0.25) is 14.2 Å². The van der Waals surface area contributed by atoms with Crippen molar-refractivity contribution in [1.82, 2.24) is 0 Å². The Bertz CT molecular complexity index is 519. The van der Waals surface area contributed by atoms with E-state index in [2.05, 4.69) is 4.74 Å². The Balaban J connectivity index is 3.43. The van der Waals surface area contributed by atoms with Crippen molar-refractivity contribution in [2.24, 2.45) is 0 Å². The Morgan fingerprint density at radius 2 is 1.83 bits per heavy atom. The molecule has 0 aromatic heterocycles. The first-order chi connectivity index (χ1) is 8.29. The topological polar surface area (TPSA) is 121 Å². The predicted molar refractivity (Wildman–Crippen MR) is 60.5 cm³/mol. The first kappa shape index (κ1) is 14.4. The van der Waals surface area contributed by atoms with Crippen molar-refractivity contribution in [2.45, 2.75) is 5.92 Å². The molecule has 0 aliphatic rings. The molecule has 0 amide bonds. The van der Waals surface area contributed by atoms with Gasteiger partial charge in [-0.2, -0.15) is 0 Å². The number of aliphatic carboxylic acids is 1. The number of rotatable bonds is 4. The molecule has 0 aliphatic heterocycles. The molecule has 0 saturated carbocycles. The van der Waals surface area contributed by atoms with Crippen molar-refractivity contribution in [1.29, 1.82) is 0 Å². The Hall–Kier alpha value is -1.69. The zero-order valence-electron chi connectivity index (χ0n) is 9.31. The zero-order valence-corrected chi connectivity index (χ0v) is 10.2. The van der Waals surface area contributed by atoms with E-state index in [1.165, 1.54) is 18.2 Å². The quantitative estimate of drug-likeness (QED) is 0.396. The van der Waals surface area contributed by atoms with Crippen LogP contribution in [0.2, 0.25) is 0 Å². The van der Waals surface area contributed by atoms with Crippen LogP contribution in [-0.4, -0.2) is 33.9 Å². The molecule has 3 N–H and O–H groups in total. The minimum absolute atomic E-state index is 0.273. The molecule has 1 aromatic carbocycles. The van der Waals surface area contributed by atoms with Gasteiger partial charge in [0.15, 0.2) is 5.92 Å². The second kappa shape index (κ2) is 5.30. The molecular formula is C10H11O7P. The second-order valence-electron chi connectivity index (χ2n) is 3.40. The van der Waals surface area contributed by atoms with E-state index in [1.807, 2.05) is 0 Å². The minimum Gasteiger partial charge on any atom is -0.480 e. The van der Waals surface area contributed by atoms with Crippen LogP contribution in [0.3, 0.4) is 0 Å². The number of hydrogen-bond donors (Lipinski definition) is 3. The average Bonchev–Trinajstić information content (AvgIpc) is 2.27. The van der Waals surface area contributed by atoms with Gasteiger partial charge in [0.25, 0.3) is 0 Å². The highest BCUT2D eigenvalue weighted by molar-refractivity contribution is 7.60. The SMILES string of the molecule is COC(=O)C(C(=O)O)c1ccccc1P(=O)(O)O. The average molecular weight is 274 g/mol. The molecule has 98 valence electrons. The van der Waals surface area contributed by atoms with Crippen LogP contribution in [-0.2, 0) is 18.9 Å². The number of carbonyl (C=O) groups excluding carboxylic acids is 1. The maximum atomic E-state index is 11.4. The lowest BCUT2D eigenvalue weighted by Gasteiger charge is -2.15. The van der Waals surface area contributed by atoms with Crippen LogP contribution >= 0.6 is 7.60 Å². The second-order valence-corrected chi connectivity index (χ2v) is 4.97. The van der Waals surface area contributed by atoms with E-state index in [9.17, 15) is 14.2 Å². The van der Waals surface area contributed by atoms with Gasteiger partial charge >= 0.3 is 19.5 Å². The summed E-state index contributed by atoms with van der Waals surface area (Å²) in [6.45, 7) is 0. The molecule has 7 nitrogen and oxygen atoms in total. The van der Waals surface area contributed by atoms with Gasteiger partial charge in [-0.15, -0.1) is 0 Å². The molecule has 0 fully saturated rings. The molecule has 1 rings (SSSR count). The number of carboxylic acids is 1. The van der Waals surface area contributed by atoms with Crippen LogP contribution in [0, 0.1) is 0 Å². The van der Waals surface area contributed by atoms with Crippen molar-refractivity contribution in [2.75, 3.05) is 7.11 Å².